The van der Waals surface area contributed by atoms with E-state index >= 15 is 0 Å². The summed E-state index contributed by atoms with van der Waals surface area (Å²) in [6.45, 7) is 0. The highest BCUT2D eigenvalue weighted by molar-refractivity contribution is 9.10. The van der Waals surface area contributed by atoms with E-state index in [1.807, 2.05) is 25.1 Å². The predicted octanol–water partition coefficient (Wildman–Crippen LogP) is 1.49. The van der Waals surface area contributed by atoms with Gasteiger partial charge in [0.25, 0.3) is 0 Å². The minimum Gasteiger partial charge on any atom is -0.384 e. The topological polar surface area (TPSA) is 42.1 Å². The van der Waals surface area contributed by atoms with Crippen LogP contribution in [0.4, 0.5) is 11.5 Å². The quantitative estimate of drug-likeness (QED) is 0.773. The Hall–Kier alpha value is -0.770. The molecule has 0 unspecified atom stereocenters. The van der Waals surface area contributed by atoms with Crippen molar-refractivity contribution in [3.8, 4) is 0 Å². The van der Waals surface area contributed by atoms with Crippen molar-refractivity contribution in [2.75, 3.05) is 24.7 Å². The van der Waals surface area contributed by atoms with Crippen LogP contribution in [0.5, 0.6) is 0 Å². The number of hydrogen-bond donors (Lipinski definition) is 1. The number of pyridine rings is 1. The van der Waals surface area contributed by atoms with Crippen molar-refractivity contribution in [3.05, 3.63) is 16.7 Å². The van der Waals surface area contributed by atoms with Crippen LogP contribution in [0.15, 0.2) is 16.7 Å². The van der Waals surface area contributed by atoms with Gasteiger partial charge < -0.3 is 10.6 Å². The van der Waals surface area contributed by atoms with Gasteiger partial charge in [0.2, 0.25) is 0 Å². The molecule has 0 spiro atoms. The number of aromatic nitrogens is 1. The van der Waals surface area contributed by atoms with Crippen LogP contribution in [0.1, 0.15) is 0 Å². The first-order valence-corrected chi connectivity index (χ1v) is 3.99. The molecule has 60 valence electrons. The van der Waals surface area contributed by atoms with E-state index in [1.54, 1.807) is 6.20 Å². The van der Waals surface area contributed by atoms with Gasteiger partial charge in [0, 0.05) is 26.4 Å². The Balaban J connectivity index is 3.13. The van der Waals surface area contributed by atoms with E-state index < -0.39 is 0 Å². The summed E-state index contributed by atoms with van der Waals surface area (Å²) < 4.78 is 0.955. The Morgan fingerprint density at radius 3 is 2.64 bits per heavy atom. The second-order valence-corrected chi connectivity index (χ2v) is 3.31. The average Bonchev–Trinajstić information content (AvgIpc) is 1.94. The second-order valence-electron chi connectivity index (χ2n) is 2.46. The lowest BCUT2D eigenvalue weighted by molar-refractivity contribution is 1.11. The third-order valence-corrected chi connectivity index (χ3v) is 1.95. The molecule has 0 aromatic carbocycles. The molecule has 0 radical (unpaired) electrons. The normalized spacial score (nSPS) is 9.73. The summed E-state index contributed by atoms with van der Waals surface area (Å²) in [4.78, 5) is 5.90. The lowest BCUT2D eigenvalue weighted by Gasteiger charge is -2.13. The van der Waals surface area contributed by atoms with E-state index in [0.29, 0.717) is 5.82 Å². The number of nitrogens with two attached hydrogens (primary N) is 1. The first-order valence-electron chi connectivity index (χ1n) is 3.19. The molecule has 0 aliphatic heterocycles. The zero-order valence-electron chi connectivity index (χ0n) is 6.50. The highest BCUT2D eigenvalue weighted by Crippen LogP contribution is 2.24. The summed E-state index contributed by atoms with van der Waals surface area (Å²) in [5.74, 6) is 0.539. The number of hydrogen-bond acceptors (Lipinski definition) is 3. The lowest BCUT2D eigenvalue weighted by atomic mass is 10.4. The van der Waals surface area contributed by atoms with Crippen LogP contribution in [-0.2, 0) is 0 Å². The maximum absolute atomic E-state index is 5.51. The molecule has 0 saturated carbocycles. The zero-order valence-corrected chi connectivity index (χ0v) is 8.09. The highest BCUT2D eigenvalue weighted by atomic mass is 79.9. The Bertz CT molecular complexity index is 260. The van der Waals surface area contributed by atoms with Gasteiger partial charge in [-0.3, -0.25) is 0 Å². The molecule has 1 heterocycles. The summed E-state index contributed by atoms with van der Waals surface area (Å²) in [6, 6.07) is 1.82. The molecule has 0 saturated heterocycles. The van der Waals surface area contributed by atoms with E-state index in [1.165, 1.54) is 0 Å². The lowest BCUT2D eigenvalue weighted by Crippen LogP contribution is -2.10. The van der Waals surface area contributed by atoms with Crippen LogP contribution in [0.25, 0.3) is 0 Å². The Morgan fingerprint density at radius 1 is 1.55 bits per heavy atom. The minimum atomic E-state index is 0.539. The van der Waals surface area contributed by atoms with Crippen LogP contribution < -0.4 is 10.6 Å². The Morgan fingerprint density at radius 2 is 2.18 bits per heavy atom. The van der Waals surface area contributed by atoms with Crippen molar-refractivity contribution < 1.29 is 0 Å². The van der Waals surface area contributed by atoms with Crippen LogP contribution in [0.2, 0.25) is 0 Å². The Labute approximate surface area is 74.3 Å². The van der Waals surface area contributed by atoms with Crippen LogP contribution in [-0.4, -0.2) is 19.1 Å². The van der Waals surface area contributed by atoms with Gasteiger partial charge in [-0.2, -0.15) is 0 Å². The largest absolute Gasteiger partial charge is 0.384 e. The van der Waals surface area contributed by atoms with E-state index in [2.05, 4.69) is 20.9 Å². The molecule has 4 heteroatoms. The molecule has 0 fully saturated rings. The molecule has 0 bridgehead atoms. The van der Waals surface area contributed by atoms with Gasteiger partial charge in [0.05, 0.1) is 10.2 Å². The van der Waals surface area contributed by atoms with E-state index in [9.17, 15) is 0 Å². The van der Waals surface area contributed by atoms with Crippen molar-refractivity contribution in [1.29, 1.82) is 0 Å². The van der Waals surface area contributed by atoms with Crippen molar-refractivity contribution in [3.63, 3.8) is 0 Å². The van der Waals surface area contributed by atoms with E-state index in [4.69, 9.17) is 5.73 Å². The van der Waals surface area contributed by atoms with Gasteiger partial charge >= 0.3 is 0 Å². The van der Waals surface area contributed by atoms with Gasteiger partial charge in [-0.1, -0.05) is 0 Å². The number of rotatable bonds is 1. The molecule has 0 aliphatic carbocycles. The second kappa shape index (κ2) is 3.09. The van der Waals surface area contributed by atoms with Gasteiger partial charge in [-0.05, 0) is 15.9 Å². The number of halogens is 1. The molecular weight excluding hydrogens is 206 g/mol. The average molecular weight is 216 g/mol. The highest BCUT2D eigenvalue weighted by Gasteiger charge is 2.01. The van der Waals surface area contributed by atoms with Gasteiger partial charge in [-0.15, -0.1) is 0 Å². The molecule has 2 N–H and O–H groups in total. The fraction of sp³-hybridized carbons (Fsp3) is 0.286. The molecule has 1 aromatic rings. The van der Waals surface area contributed by atoms with Crippen LogP contribution in [0, 0.1) is 0 Å². The molecule has 0 atom stereocenters. The maximum Gasteiger partial charge on any atom is 0.125 e. The summed E-state index contributed by atoms with van der Waals surface area (Å²) in [6.07, 6.45) is 1.70. The van der Waals surface area contributed by atoms with Gasteiger partial charge in [0.1, 0.15) is 5.82 Å². The summed E-state index contributed by atoms with van der Waals surface area (Å²) in [5, 5.41) is 0. The first kappa shape index (κ1) is 8.33. The third-order valence-electron chi connectivity index (χ3n) is 1.34. The first-order chi connectivity index (χ1) is 5.11. The monoisotopic (exact) mass is 215 g/mol. The molecule has 3 nitrogen and oxygen atoms in total. The minimum absolute atomic E-state index is 0.539. The standard InChI is InChI=1S/C7H10BrN3/c1-11(2)6-3-7(9)10-4-5(6)8/h3-4H,1-2H3,(H2,9,10). The molecule has 0 amide bonds. The molecular formula is C7H10BrN3. The fourth-order valence-electron chi connectivity index (χ4n) is 0.786. The van der Waals surface area contributed by atoms with Gasteiger partial charge in [0.15, 0.2) is 0 Å². The number of anilines is 2. The predicted molar refractivity (Wildman–Crippen MR) is 50.7 cm³/mol. The van der Waals surface area contributed by atoms with E-state index in [-0.39, 0.29) is 0 Å². The summed E-state index contributed by atoms with van der Waals surface area (Å²) >= 11 is 3.37. The van der Waals surface area contributed by atoms with Crippen molar-refractivity contribution in [1.82, 2.24) is 4.98 Å². The smallest absolute Gasteiger partial charge is 0.125 e. The van der Waals surface area contributed by atoms with Crippen LogP contribution in [0.3, 0.4) is 0 Å². The van der Waals surface area contributed by atoms with Crippen LogP contribution >= 0.6 is 15.9 Å². The molecule has 0 aliphatic rings. The van der Waals surface area contributed by atoms with Crippen molar-refractivity contribution in [2.24, 2.45) is 0 Å². The maximum atomic E-state index is 5.51. The fourth-order valence-corrected chi connectivity index (χ4v) is 1.36. The molecule has 1 aromatic heterocycles. The third kappa shape index (κ3) is 1.83. The zero-order chi connectivity index (χ0) is 8.43. The van der Waals surface area contributed by atoms with Crippen molar-refractivity contribution >= 4 is 27.4 Å². The summed E-state index contributed by atoms with van der Waals surface area (Å²) in [7, 11) is 3.92. The Kier molecular flexibility index (Phi) is 2.34. The van der Waals surface area contributed by atoms with E-state index in [0.717, 1.165) is 10.2 Å². The number of nitrogen functional groups attached to an aromatic ring is 1. The molecule has 1 rings (SSSR count). The summed E-state index contributed by atoms with van der Waals surface area (Å²) in [5.41, 5.74) is 6.55. The SMILES string of the molecule is CN(C)c1cc(N)ncc1Br. The van der Waals surface area contributed by atoms with Crippen molar-refractivity contribution in [2.45, 2.75) is 0 Å². The number of nitrogens with zero attached hydrogens (tertiary/aromatic N) is 2. The van der Waals surface area contributed by atoms with Gasteiger partial charge in [-0.25, -0.2) is 4.98 Å². The molecule has 11 heavy (non-hydrogen) atoms.